The van der Waals surface area contributed by atoms with E-state index < -0.39 is 13.7 Å². The molecule has 1 spiro atoms. The van der Waals surface area contributed by atoms with E-state index in [4.69, 9.17) is 13.9 Å². The molecule has 0 radical (unpaired) electrons. The van der Waals surface area contributed by atoms with Gasteiger partial charge in [-0.1, -0.05) is 88.4 Å². The third kappa shape index (κ3) is 4.94. The molecule has 0 aromatic heterocycles. The van der Waals surface area contributed by atoms with Crippen LogP contribution in [-0.4, -0.2) is 39.4 Å². The highest BCUT2D eigenvalue weighted by molar-refractivity contribution is 6.99. The Morgan fingerprint density at radius 2 is 1.60 bits per heavy atom. The van der Waals surface area contributed by atoms with Crippen molar-refractivity contribution in [3.05, 3.63) is 72.0 Å². The smallest absolute Gasteiger partial charge is 0.373 e. The molecule has 252 valence electrons. The Hall–Kier alpha value is -2.70. The van der Waals surface area contributed by atoms with Crippen molar-refractivity contribution >= 4 is 30.4 Å². The summed E-state index contributed by atoms with van der Waals surface area (Å²) in [6.45, 7) is 14.1. The van der Waals surface area contributed by atoms with E-state index >= 15 is 0 Å². The van der Waals surface area contributed by atoms with E-state index in [9.17, 15) is 9.59 Å². The number of rotatable bonds is 6. The van der Waals surface area contributed by atoms with Gasteiger partial charge < -0.3 is 13.9 Å². The third-order valence-electron chi connectivity index (χ3n) is 13.7. The number of hydrogen-bond acceptors (Lipinski definition) is 5. The van der Waals surface area contributed by atoms with Crippen LogP contribution >= 0.6 is 0 Å². The van der Waals surface area contributed by atoms with Crippen LogP contribution in [0.2, 0.25) is 5.04 Å². The molecule has 2 aromatic rings. The summed E-state index contributed by atoms with van der Waals surface area (Å²) in [6.07, 6.45) is 8.48. The van der Waals surface area contributed by atoms with Crippen LogP contribution in [0.5, 0.6) is 0 Å². The monoisotopic (exact) mass is 654 g/mol. The van der Waals surface area contributed by atoms with Gasteiger partial charge in [0.1, 0.15) is 12.4 Å². The van der Waals surface area contributed by atoms with Crippen molar-refractivity contribution in [2.45, 2.75) is 104 Å². The highest BCUT2D eigenvalue weighted by Gasteiger charge is 2.67. The van der Waals surface area contributed by atoms with Crippen LogP contribution in [0.1, 0.15) is 92.9 Å². The van der Waals surface area contributed by atoms with Gasteiger partial charge >= 0.3 is 5.97 Å². The molecule has 0 amide bonds. The summed E-state index contributed by atoms with van der Waals surface area (Å²) in [5.74, 6) is 2.29. The molecule has 1 aliphatic heterocycles. The second-order valence-corrected chi connectivity index (χ2v) is 20.9. The number of ether oxygens (including phenoxy) is 2. The maximum absolute atomic E-state index is 14.5. The molecular weight excluding hydrogens is 601 g/mol. The fourth-order valence-corrected chi connectivity index (χ4v) is 16.3. The second kappa shape index (κ2) is 12.0. The van der Waals surface area contributed by atoms with Gasteiger partial charge in [0, 0.05) is 12.5 Å². The zero-order chi connectivity index (χ0) is 33.2. The Bertz CT molecular complexity index is 1490. The maximum atomic E-state index is 14.5. The van der Waals surface area contributed by atoms with E-state index in [1.165, 1.54) is 23.2 Å². The number of Topliss-reactive ketones (excluding diaryl/α,β-unsaturated/α-hetero) is 1. The number of fused-ring (bicyclic) bond motifs is 4. The van der Waals surface area contributed by atoms with E-state index in [2.05, 4.69) is 88.4 Å². The summed E-state index contributed by atoms with van der Waals surface area (Å²) in [4.78, 5) is 27.2. The predicted molar refractivity (Wildman–Crippen MR) is 188 cm³/mol. The lowest BCUT2D eigenvalue weighted by Crippen LogP contribution is -2.68. The molecule has 0 unspecified atom stereocenters. The molecule has 8 atom stereocenters. The lowest BCUT2D eigenvalue weighted by atomic mass is 9.44. The normalized spacial score (nSPS) is 35.2. The molecule has 0 N–H and O–H groups in total. The van der Waals surface area contributed by atoms with Crippen LogP contribution in [-0.2, 0) is 23.5 Å². The topological polar surface area (TPSA) is 61.8 Å². The number of allylic oxidation sites excluding steroid dienone is 1. The number of carbonyl (C=O) groups excluding carboxylic acids is 2. The minimum absolute atomic E-state index is 0.0426. The van der Waals surface area contributed by atoms with Crippen molar-refractivity contribution < 1.29 is 23.5 Å². The molecule has 6 heteroatoms. The summed E-state index contributed by atoms with van der Waals surface area (Å²) in [7, 11) is -2.63. The summed E-state index contributed by atoms with van der Waals surface area (Å²) in [6, 6.07) is 22.1. The summed E-state index contributed by atoms with van der Waals surface area (Å²) < 4.78 is 19.2. The minimum Gasteiger partial charge on any atom is -0.485 e. The van der Waals surface area contributed by atoms with Gasteiger partial charge in [0.15, 0.2) is 0 Å². The molecule has 47 heavy (non-hydrogen) atoms. The molecule has 0 saturated heterocycles. The summed E-state index contributed by atoms with van der Waals surface area (Å²) in [5, 5.41) is 2.65. The quantitative estimate of drug-likeness (QED) is 0.237. The zero-order valence-corrected chi connectivity index (χ0v) is 30.3. The van der Waals surface area contributed by atoms with Gasteiger partial charge in [-0.3, -0.25) is 4.79 Å². The number of hydrogen-bond donors (Lipinski definition) is 0. The fraction of sp³-hybridized carbons (Fsp3) is 0.610. The number of benzene rings is 2. The first-order valence-corrected chi connectivity index (χ1v) is 20.2. The average molecular weight is 655 g/mol. The van der Waals surface area contributed by atoms with Crippen LogP contribution in [0.25, 0.3) is 0 Å². The maximum Gasteiger partial charge on any atom is 0.373 e. The minimum atomic E-state index is -2.63. The number of ketones is 1. The van der Waals surface area contributed by atoms with Crippen LogP contribution in [0.4, 0.5) is 0 Å². The Labute approximate surface area is 283 Å². The van der Waals surface area contributed by atoms with E-state index in [1.807, 2.05) is 13.8 Å². The Morgan fingerprint density at radius 1 is 0.936 bits per heavy atom. The molecule has 5 nitrogen and oxygen atoms in total. The molecule has 4 saturated carbocycles. The highest BCUT2D eigenvalue weighted by Crippen LogP contribution is 2.68. The standard InChI is InChI=1S/C41H54O5Si/c1-7-44-38(43)37-27(2)33-20-21-34-32-19-18-28-24-29(22-23-40(28,6)35(32)25-36(42)41(33,34)26-45-37)46-47(39(3,4)5,30-14-10-8-11-15-30)31-16-12-9-13-17-31/h8-17,28-29,32-35H,7,18-26H2,1-6H3/t28-,29-,32-,33+,34-,35-,40-,41+/m0/s1. The first-order valence-electron chi connectivity index (χ1n) is 18.3. The van der Waals surface area contributed by atoms with Crippen molar-refractivity contribution in [1.29, 1.82) is 0 Å². The molecular formula is C41H54O5Si. The van der Waals surface area contributed by atoms with Crippen molar-refractivity contribution in [3.63, 3.8) is 0 Å². The SMILES string of the molecule is CCOC(=O)C1=C(C)[C@H]2CC[C@H]3[C@@H]4CC[C@H]5C[C@@H](O[Si](c6ccccc6)(c6ccccc6)C(C)(C)C)CC[C@]5(C)[C@H]4CC(=O)[C@]23CO1. The molecule has 7 rings (SSSR count). The zero-order valence-electron chi connectivity index (χ0n) is 29.3. The molecule has 0 bridgehead atoms. The van der Waals surface area contributed by atoms with Crippen molar-refractivity contribution in [1.82, 2.24) is 0 Å². The Balaban J connectivity index is 1.15. The lowest BCUT2D eigenvalue weighted by Gasteiger charge is -2.61. The number of carbonyl (C=O) groups is 2. The van der Waals surface area contributed by atoms with E-state index in [0.717, 1.165) is 37.7 Å². The van der Waals surface area contributed by atoms with E-state index in [-0.39, 0.29) is 28.4 Å². The van der Waals surface area contributed by atoms with Gasteiger partial charge in [0.05, 0.1) is 12.0 Å². The van der Waals surface area contributed by atoms with E-state index in [1.54, 1.807) is 0 Å². The third-order valence-corrected chi connectivity index (χ3v) is 18.8. The average Bonchev–Trinajstić information content (AvgIpc) is 3.47. The van der Waals surface area contributed by atoms with Gasteiger partial charge in [-0.25, -0.2) is 4.79 Å². The second-order valence-electron chi connectivity index (χ2n) is 16.7. The largest absolute Gasteiger partial charge is 0.485 e. The van der Waals surface area contributed by atoms with E-state index in [0.29, 0.717) is 54.8 Å². The first-order chi connectivity index (χ1) is 22.5. The van der Waals surface area contributed by atoms with Crippen molar-refractivity contribution in [2.75, 3.05) is 13.2 Å². The van der Waals surface area contributed by atoms with Crippen LogP contribution in [0.3, 0.4) is 0 Å². The van der Waals surface area contributed by atoms with Gasteiger partial charge in [0.25, 0.3) is 8.32 Å². The molecule has 2 aromatic carbocycles. The fourth-order valence-electron chi connectivity index (χ4n) is 11.6. The van der Waals surface area contributed by atoms with Gasteiger partial charge in [-0.05, 0) is 115 Å². The lowest BCUT2D eigenvalue weighted by molar-refractivity contribution is -0.170. The predicted octanol–water partition coefficient (Wildman–Crippen LogP) is 7.62. The highest BCUT2D eigenvalue weighted by atomic mass is 28.4. The number of esters is 1. The van der Waals surface area contributed by atoms with Crippen LogP contribution in [0, 0.1) is 40.4 Å². The molecule has 1 heterocycles. The Kier molecular flexibility index (Phi) is 8.39. The molecule has 4 aliphatic carbocycles. The Morgan fingerprint density at radius 3 is 2.21 bits per heavy atom. The van der Waals surface area contributed by atoms with Gasteiger partial charge in [0.2, 0.25) is 5.76 Å². The van der Waals surface area contributed by atoms with Gasteiger partial charge in [-0.15, -0.1) is 0 Å². The van der Waals surface area contributed by atoms with Gasteiger partial charge in [-0.2, -0.15) is 0 Å². The van der Waals surface area contributed by atoms with Crippen molar-refractivity contribution in [2.24, 2.45) is 40.4 Å². The first kappa shape index (κ1) is 32.8. The van der Waals surface area contributed by atoms with Crippen molar-refractivity contribution in [3.8, 4) is 0 Å². The van der Waals surface area contributed by atoms with Crippen LogP contribution < -0.4 is 10.4 Å². The van der Waals surface area contributed by atoms with Crippen LogP contribution in [0.15, 0.2) is 72.0 Å². The molecule has 5 aliphatic rings. The summed E-state index contributed by atoms with van der Waals surface area (Å²) in [5.41, 5.74) is 0.596. The summed E-state index contributed by atoms with van der Waals surface area (Å²) >= 11 is 0. The molecule has 4 fully saturated rings.